The Bertz CT molecular complexity index is 1270. The minimum absolute atomic E-state index is 0.0339. The first kappa shape index (κ1) is 23.7. The van der Waals surface area contributed by atoms with Crippen LogP contribution >= 0.6 is 0 Å². The molecule has 0 N–H and O–H groups in total. The fraction of sp³-hybridized carbons (Fsp3) is 0.292. The molecule has 0 radical (unpaired) electrons. The van der Waals surface area contributed by atoms with E-state index < -0.39 is 16.9 Å². The number of nitro groups is 1. The van der Waals surface area contributed by atoms with Gasteiger partial charge in [-0.15, -0.1) is 0 Å². The highest BCUT2D eigenvalue weighted by atomic mass is 16.6. The van der Waals surface area contributed by atoms with Gasteiger partial charge in [0.25, 0.3) is 11.6 Å². The third-order valence-corrected chi connectivity index (χ3v) is 5.98. The predicted octanol–water partition coefficient (Wildman–Crippen LogP) is 3.10. The van der Waals surface area contributed by atoms with Crippen LogP contribution in [0.3, 0.4) is 0 Å². The summed E-state index contributed by atoms with van der Waals surface area (Å²) in [6.45, 7) is 0.368. The van der Waals surface area contributed by atoms with E-state index in [4.69, 9.17) is 14.2 Å². The number of benzene rings is 2. The molecule has 0 saturated heterocycles. The van der Waals surface area contributed by atoms with E-state index in [-0.39, 0.29) is 23.7 Å². The Morgan fingerprint density at radius 3 is 2.40 bits per heavy atom. The molecule has 2 heterocycles. The van der Waals surface area contributed by atoms with E-state index in [2.05, 4.69) is 5.10 Å². The number of aromatic nitrogens is 2. The summed E-state index contributed by atoms with van der Waals surface area (Å²) >= 11 is 0. The first-order valence-electron chi connectivity index (χ1n) is 10.8. The van der Waals surface area contributed by atoms with E-state index >= 15 is 0 Å². The summed E-state index contributed by atoms with van der Waals surface area (Å²) in [5, 5.41) is 15.3. The zero-order chi connectivity index (χ0) is 25.1. The SMILES string of the molecule is COC(=O)CC1c2cc(OC)c(OC)cc2CCN1C(=O)c1ccn(-c2ccc([N+](=O)[O-])cc2)n1. The normalized spacial score (nSPS) is 14.7. The fourth-order valence-electron chi connectivity index (χ4n) is 4.19. The van der Waals surface area contributed by atoms with E-state index in [1.54, 1.807) is 42.5 Å². The van der Waals surface area contributed by atoms with Crippen molar-refractivity contribution in [3.63, 3.8) is 0 Å². The molecule has 182 valence electrons. The summed E-state index contributed by atoms with van der Waals surface area (Å²) < 4.78 is 17.2. The third kappa shape index (κ3) is 4.65. The number of carbonyl (C=O) groups excluding carboxylic acids is 2. The highest BCUT2D eigenvalue weighted by Gasteiger charge is 2.35. The molecule has 1 amide bonds. The lowest BCUT2D eigenvalue weighted by molar-refractivity contribution is -0.384. The molecule has 0 aliphatic carbocycles. The van der Waals surface area contributed by atoms with Gasteiger partial charge in [0.2, 0.25) is 0 Å². The van der Waals surface area contributed by atoms with Crippen LogP contribution in [-0.4, -0.2) is 59.4 Å². The van der Waals surface area contributed by atoms with Crippen LogP contribution in [0.5, 0.6) is 11.5 Å². The van der Waals surface area contributed by atoms with Crippen LogP contribution in [0, 0.1) is 10.1 Å². The third-order valence-electron chi connectivity index (χ3n) is 5.98. The number of amides is 1. The van der Waals surface area contributed by atoms with Gasteiger partial charge in [-0.1, -0.05) is 0 Å². The summed E-state index contributed by atoms with van der Waals surface area (Å²) in [4.78, 5) is 37.8. The number of non-ortho nitro benzene ring substituents is 1. The van der Waals surface area contributed by atoms with Crippen molar-refractivity contribution in [2.24, 2.45) is 0 Å². The molecule has 0 bridgehead atoms. The van der Waals surface area contributed by atoms with Gasteiger partial charge in [0, 0.05) is 24.9 Å². The van der Waals surface area contributed by atoms with Crippen LogP contribution in [0.2, 0.25) is 0 Å². The molecule has 4 rings (SSSR count). The summed E-state index contributed by atoms with van der Waals surface area (Å²) in [7, 11) is 4.38. The van der Waals surface area contributed by atoms with E-state index in [1.165, 1.54) is 31.0 Å². The van der Waals surface area contributed by atoms with Gasteiger partial charge in [0.15, 0.2) is 17.2 Å². The first-order valence-corrected chi connectivity index (χ1v) is 10.8. The van der Waals surface area contributed by atoms with Gasteiger partial charge in [-0.25, -0.2) is 4.68 Å². The molecule has 0 fully saturated rings. The summed E-state index contributed by atoms with van der Waals surface area (Å²) in [6, 6.07) is 10.5. The Kier molecular flexibility index (Phi) is 6.67. The highest BCUT2D eigenvalue weighted by Crippen LogP contribution is 2.40. The van der Waals surface area contributed by atoms with Crippen molar-refractivity contribution in [3.05, 3.63) is 75.6 Å². The Hall–Kier alpha value is -4.41. The zero-order valence-electron chi connectivity index (χ0n) is 19.5. The Labute approximate surface area is 201 Å². The van der Waals surface area contributed by atoms with Gasteiger partial charge in [0.1, 0.15) is 0 Å². The second-order valence-corrected chi connectivity index (χ2v) is 7.87. The van der Waals surface area contributed by atoms with Crippen molar-refractivity contribution in [3.8, 4) is 17.2 Å². The fourth-order valence-corrected chi connectivity index (χ4v) is 4.19. The number of methoxy groups -OCH3 is 3. The van der Waals surface area contributed by atoms with Crippen molar-refractivity contribution in [2.75, 3.05) is 27.9 Å². The zero-order valence-corrected chi connectivity index (χ0v) is 19.5. The Balaban J connectivity index is 1.66. The maximum Gasteiger partial charge on any atom is 0.307 e. The van der Waals surface area contributed by atoms with Crippen LogP contribution in [0.1, 0.15) is 34.1 Å². The number of carbonyl (C=O) groups is 2. The van der Waals surface area contributed by atoms with Gasteiger partial charge >= 0.3 is 5.97 Å². The molecule has 1 aromatic heterocycles. The number of fused-ring (bicyclic) bond motifs is 1. The molecule has 1 unspecified atom stereocenters. The van der Waals surface area contributed by atoms with Crippen LogP contribution in [-0.2, 0) is 16.0 Å². The minimum atomic E-state index is -0.581. The van der Waals surface area contributed by atoms with Gasteiger partial charge < -0.3 is 19.1 Å². The molecule has 0 saturated carbocycles. The average molecular weight is 480 g/mol. The van der Waals surface area contributed by atoms with E-state index in [9.17, 15) is 19.7 Å². The van der Waals surface area contributed by atoms with Gasteiger partial charge in [-0.2, -0.15) is 5.10 Å². The maximum atomic E-state index is 13.5. The lowest BCUT2D eigenvalue weighted by Gasteiger charge is -2.37. The van der Waals surface area contributed by atoms with Crippen molar-refractivity contribution >= 4 is 17.6 Å². The lowest BCUT2D eigenvalue weighted by atomic mass is 9.89. The molecule has 11 nitrogen and oxygen atoms in total. The number of esters is 1. The molecule has 11 heteroatoms. The van der Waals surface area contributed by atoms with Crippen molar-refractivity contribution in [1.29, 1.82) is 0 Å². The number of ether oxygens (including phenoxy) is 3. The molecule has 35 heavy (non-hydrogen) atoms. The molecular weight excluding hydrogens is 456 g/mol. The second kappa shape index (κ2) is 9.84. The summed E-state index contributed by atoms with van der Waals surface area (Å²) in [5.41, 5.74) is 2.45. The topological polar surface area (TPSA) is 126 Å². The molecule has 1 aliphatic heterocycles. The number of nitro benzene ring substituents is 1. The largest absolute Gasteiger partial charge is 0.493 e. The van der Waals surface area contributed by atoms with E-state index in [0.29, 0.717) is 30.2 Å². The van der Waals surface area contributed by atoms with Crippen LogP contribution in [0.15, 0.2) is 48.7 Å². The highest BCUT2D eigenvalue weighted by molar-refractivity contribution is 5.93. The number of hydrogen-bond donors (Lipinski definition) is 0. The van der Waals surface area contributed by atoms with Crippen molar-refractivity contribution in [1.82, 2.24) is 14.7 Å². The van der Waals surface area contributed by atoms with Crippen LogP contribution < -0.4 is 9.47 Å². The molecule has 3 aromatic rings. The smallest absolute Gasteiger partial charge is 0.307 e. The van der Waals surface area contributed by atoms with Crippen molar-refractivity contribution in [2.45, 2.75) is 18.9 Å². The monoisotopic (exact) mass is 480 g/mol. The Morgan fingerprint density at radius 1 is 1.09 bits per heavy atom. The quantitative estimate of drug-likeness (QED) is 0.287. The summed E-state index contributed by atoms with van der Waals surface area (Å²) in [5.74, 6) is 0.273. The standard InChI is InChI=1S/C24H24N4O7/c1-33-21-12-15-8-10-26(20(14-23(29)35-3)18(15)13-22(21)34-2)24(30)19-9-11-27(25-19)16-4-6-17(7-5-16)28(31)32/h4-7,9,11-13,20H,8,10,14H2,1-3H3. The number of rotatable bonds is 7. The molecule has 1 aliphatic rings. The van der Waals surface area contributed by atoms with E-state index in [1.807, 2.05) is 6.07 Å². The van der Waals surface area contributed by atoms with Gasteiger partial charge in [0.05, 0.1) is 44.4 Å². The second-order valence-electron chi connectivity index (χ2n) is 7.87. The van der Waals surface area contributed by atoms with Gasteiger partial charge in [-0.3, -0.25) is 19.7 Å². The van der Waals surface area contributed by atoms with Gasteiger partial charge in [-0.05, 0) is 47.9 Å². The average Bonchev–Trinajstić information content (AvgIpc) is 3.38. The maximum absolute atomic E-state index is 13.5. The lowest BCUT2D eigenvalue weighted by Crippen LogP contribution is -2.41. The van der Waals surface area contributed by atoms with Crippen LogP contribution in [0.25, 0.3) is 5.69 Å². The van der Waals surface area contributed by atoms with E-state index in [0.717, 1.165) is 11.1 Å². The number of nitrogens with zero attached hydrogens (tertiary/aromatic N) is 4. The number of hydrogen-bond acceptors (Lipinski definition) is 8. The first-order chi connectivity index (χ1) is 16.9. The van der Waals surface area contributed by atoms with Crippen LogP contribution in [0.4, 0.5) is 5.69 Å². The van der Waals surface area contributed by atoms with Crippen molar-refractivity contribution < 1.29 is 28.7 Å². The Morgan fingerprint density at radius 2 is 1.77 bits per heavy atom. The molecule has 1 atom stereocenters. The predicted molar refractivity (Wildman–Crippen MR) is 124 cm³/mol. The minimum Gasteiger partial charge on any atom is -0.493 e. The molecule has 0 spiro atoms. The molecular formula is C24H24N4O7. The summed E-state index contributed by atoms with van der Waals surface area (Å²) in [6.07, 6.45) is 2.13. The molecule has 2 aromatic carbocycles.